The zero-order chi connectivity index (χ0) is 19.4. The van der Waals surface area contributed by atoms with Crippen LogP contribution in [0.15, 0.2) is 35.4 Å². The Morgan fingerprint density at radius 1 is 1.19 bits per heavy atom. The Balaban J connectivity index is 1.67. The summed E-state index contributed by atoms with van der Waals surface area (Å²) in [7, 11) is 0. The average Bonchev–Trinajstić information content (AvgIpc) is 3.08. The number of hydrogen-bond donors (Lipinski definition) is 1. The van der Waals surface area contributed by atoms with Crippen molar-refractivity contribution < 1.29 is 4.79 Å². The van der Waals surface area contributed by atoms with E-state index in [0.717, 1.165) is 35.7 Å². The van der Waals surface area contributed by atoms with Gasteiger partial charge in [-0.3, -0.25) is 4.79 Å². The summed E-state index contributed by atoms with van der Waals surface area (Å²) in [5, 5.41) is 8.18. The first kappa shape index (κ1) is 18.5. The maximum Gasteiger partial charge on any atom is 0.311 e. The molecule has 2 aromatic heterocycles. The van der Waals surface area contributed by atoms with Gasteiger partial charge in [-0.25, -0.2) is 14.9 Å². The minimum atomic E-state index is -0.478. The van der Waals surface area contributed by atoms with Crippen molar-refractivity contribution in [3.8, 4) is 0 Å². The second kappa shape index (κ2) is 7.94. The fourth-order valence-corrected chi connectivity index (χ4v) is 2.84. The van der Waals surface area contributed by atoms with Crippen LogP contribution in [0, 0.1) is 13.8 Å². The Bertz CT molecular complexity index is 972. The maximum atomic E-state index is 12.2. The molecule has 3 aromatic rings. The van der Waals surface area contributed by atoms with E-state index in [0.29, 0.717) is 5.78 Å². The number of carbonyl (C=O) groups is 1. The minimum Gasteiger partial charge on any atom is -0.372 e. The molecule has 0 atom stereocenters. The van der Waals surface area contributed by atoms with E-state index in [4.69, 9.17) is 0 Å². The van der Waals surface area contributed by atoms with Crippen molar-refractivity contribution in [3.05, 3.63) is 53.1 Å². The Morgan fingerprint density at radius 2 is 1.89 bits per heavy atom. The first-order valence-electron chi connectivity index (χ1n) is 8.91. The van der Waals surface area contributed by atoms with Gasteiger partial charge in [-0.05, 0) is 51.5 Å². The van der Waals surface area contributed by atoms with E-state index in [-0.39, 0.29) is 5.82 Å². The van der Waals surface area contributed by atoms with Gasteiger partial charge in [0.15, 0.2) is 0 Å². The van der Waals surface area contributed by atoms with Gasteiger partial charge in [0.1, 0.15) is 0 Å². The Kier molecular flexibility index (Phi) is 5.44. The van der Waals surface area contributed by atoms with Crippen LogP contribution in [0.25, 0.3) is 5.78 Å². The van der Waals surface area contributed by atoms with Crippen molar-refractivity contribution in [1.82, 2.24) is 25.0 Å². The summed E-state index contributed by atoms with van der Waals surface area (Å²) in [6.07, 6.45) is 1.59. The Labute approximate surface area is 157 Å². The molecule has 0 fully saturated rings. The van der Waals surface area contributed by atoms with Crippen LogP contribution in [-0.2, 0) is 0 Å². The van der Waals surface area contributed by atoms with Gasteiger partial charge in [0.05, 0.1) is 6.21 Å². The lowest BCUT2D eigenvalue weighted by molar-refractivity contribution is 0.0945. The highest BCUT2D eigenvalue weighted by Crippen LogP contribution is 2.14. The summed E-state index contributed by atoms with van der Waals surface area (Å²) in [4.78, 5) is 22.9. The number of carbonyl (C=O) groups excluding carboxylic acids is 1. The van der Waals surface area contributed by atoms with Gasteiger partial charge < -0.3 is 4.90 Å². The largest absolute Gasteiger partial charge is 0.372 e. The molecular weight excluding hydrogens is 342 g/mol. The molecule has 1 N–H and O–H groups in total. The van der Waals surface area contributed by atoms with Crippen molar-refractivity contribution in [2.75, 3.05) is 18.0 Å². The lowest BCUT2D eigenvalue weighted by atomic mass is 10.2. The van der Waals surface area contributed by atoms with Crippen LogP contribution in [0.5, 0.6) is 0 Å². The molecule has 27 heavy (non-hydrogen) atoms. The van der Waals surface area contributed by atoms with E-state index in [9.17, 15) is 4.79 Å². The van der Waals surface area contributed by atoms with Crippen molar-refractivity contribution in [3.63, 3.8) is 0 Å². The molecule has 2 heterocycles. The number of anilines is 1. The van der Waals surface area contributed by atoms with Gasteiger partial charge in [-0.15, -0.1) is 5.10 Å². The average molecular weight is 365 g/mol. The fourth-order valence-electron chi connectivity index (χ4n) is 2.84. The highest BCUT2D eigenvalue weighted by Gasteiger charge is 2.14. The highest BCUT2D eigenvalue weighted by atomic mass is 16.2. The van der Waals surface area contributed by atoms with Gasteiger partial charge in [-0.2, -0.15) is 10.1 Å². The minimum absolute atomic E-state index is 0.0326. The van der Waals surface area contributed by atoms with Gasteiger partial charge in [0, 0.05) is 30.2 Å². The molecule has 0 bridgehead atoms. The lowest BCUT2D eigenvalue weighted by Crippen LogP contribution is -2.21. The SMILES string of the molecule is CCN(CC)c1ccc(/C=N/NC(=O)c2nc3nc(C)cc(C)n3n2)cc1. The molecular formula is C19H23N7O. The number of aromatic nitrogens is 4. The molecule has 0 aliphatic rings. The second-order valence-corrected chi connectivity index (χ2v) is 6.15. The third kappa shape index (κ3) is 4.11. The summed E-state index contributed by atoms with van der Waals surface area (Å²) < 4.78 is 1.54. The van der Waals surface area contributed by atoms with E-state index in [1.165, 1.54) is 4.52 Å². The molecule has 0 aliphatic carbocycles. The van der Waals surface area contributed by atoms with Gasteiger partial charge >= 0.3 is 5.91 Å². The summed E-state index contributed by atoms with van der Waals surface area (Å²) in [5.74, 6) is -0.0487. The molecule has 0 radical (unpaired) electrons. The predicted octanol–water partition coefficient (Wildman–Crippen LogP) is 2.35. The number of hydrogen-bond acceptors (Lipinski definition) is 6. The predicted molar refractivity (Wildman–Crippen MR) is 105 cm³/mol. The molecule has 0 saturated carbocycles. The quantitative estimate of drug-likeness (QED) is 0.535. The zero-order valence-electron chi connectivity index (χ0n) is 16.0. The number of nitrogens with one attached hydrogen (secondary N) is 1. The third-order valence-electron chi connectivity index (χ3n) is 4.22. The molecule has 1 aromatic carbocycles. The molecule has 140 valence electrons. The van der Waals surface area contributed by atoms with Crippen molar-refractivity contribution in [1.29, 1.82) is 0 Å². The number of rotatable bonds is 6. The molecule has 8 heteroatoms. The van der Waals surface area contributed by atoms with Gasteiger partial charge in [0.25, 0.3) is 5.78 Å². The summed E-state index contributed by atoms with van der Waals surface area (Å²) >= 11 is 0. The first-order valence-corrected chi connectivity index (χ1v) is 8.91. The number of nitrogens with zero attached hydrogens (tertiary/aromatic N) is 6. The van der Waals surface area contributed by atoms with Crippen molar-refractivity contribution in [2.45, 2.75) is 27.7 Å². The van der Waals surface area contributed by atoms with E-state index in [2.05, 4.69) is 44.3 Å². The van der Waals surface area contributed by atoms with E-state index >= 15 is 0 Å². The maximum absolute atomic E-state index is 12.2. The topological polar surface area (TPSA) is 87.8 Å². The van der Waals surface area contributed by atoms with Gasteiger partial charge in [-0.1, -0.05) is 12.1 Å². The van der Waals surface area contributed by atoms with Crippen LogP contribution in [-0.4, -0.2) is 44.8 Å². The van der Waals surface area contributed by atoms with Crippen LogP contribution < -0.4 is 10.3 Å². The summed E-state index contributed by atoms with van der Waals surface area (Å²) in [5.41, 5.74) is 6.19. The van der Waals surface area contributed by atoms with Crippen molar-refractivity contribution in [2.24, 2.45) is 5.10 Å². The number of hydrazone groups is 1. The van der Waals surface area contributed by atoms with E-state index < -0.39 is 5.91 Å². The van der Waals surface area contributed by atoms with Crippen LogP contribution in [0.2, 0.25) is 0 Å². The standard InChI is InChI=1S/C19H23N7O/c1-5-25(6-2)16-9-7-15(8-10-16)12-20-23-18(27)17-22-19-21-13(3)11-14(4)26(19)24-17/h7-12H,5-6H2,1-4H3,(H,23,27)/b20-12+. The number of amides is 1. The number of benzene rings is 1. The molecule has 0 aliphatic heterocycles. The first-order chi connectivity index (χ1) is 13.0. The second-order valence-electron chi connectivity index (χ2n) is 6.15. The molecule has 8 nitrogen and oxygen atoms in total. The zero-order valence-corrected chi connectivity index (χ0v) is 16.0. The summed E-state index contributed by atoms with van der Waals surface area (Å²) in [6.45, 7) is 9.93. The van der Waals surface area contributed by atoms with Crippen LogP contribution in [0.3, 0.4) is 0 Å². The molecule has 0 spiro atoms. The van der Waals surface area contributed by atoms with E-state index in [1.807, 2.05) is 44.2 Å². The Morgan fingerprint density at radius 3 is 2.56 bits per heavy atom. The van der Waals surface area contributed by atoms with Crippen LogP contribution in [0.1, 0.15) is 41.4 Å². The van der Waals surface area contributed by atoms with E-state index in [1.54, 1.807) is 6.21 Å². The Hall–Kier alpha value is -3.29. The normalized spacial score (nSPS) is 11.3. The lowest BCUT2D eigenvalue weighted by Gasteiger charge is -2.20. The van der Waals surface area contributed by atoms with Gasteiger partial charge in [0.2, 0.25) is 5.82 Å². The van der Waals surface area contributed by atoms with Crippen molar-refractivity contribution >= 4 is 23.6 Å². The molecule has 3 rings (SSSR count). The van der Waals surface area contributed by atoms with Crippen LogP contribution in [0.4, 0.5) is 5.69 Å². The number of aryl methyl sites for hydroxylation is 2. The molecule has 0 unspecified atom stereocenters. The fraction of sp³-hybridized carbons (Fsp3) is 0.316. The number of fused-ring (bicyclic) bond motifs is 1. The smallest absolute Gasteiger partial charge is 0.311 e. The molecule has 0 saturated heterocycles. The van der Waals surface area contributed by atoms with Crippen LogP contribution >= 0.6 is 0 Å². The third-order valence-corrected chi connectivity index (χ3v) is 4.22. The summed E-state index contributed by atoms with van der Waals surface area (Å²) in [6, 6.07) is 9.88. The monoisotopic (exact) mass is 365 g/mol. The molecule has 1 amide bonds. The highest BCUT2D eigenvalue weighted by molar-refractivity contribution is 5.91.